The molecule has 0 aromatic heterocycles. The van der Waals surface area contributed by atoms with Crippen molar-refractivity contribution in [2.24, 2.45) is 0 Å². The van der Waals surface area contributed by atoms with Gasteiger partial charge < -0.3 is 20.0 Å². The van der Waals surface area contributed by atoms with Crippen LogP contribution in [0, 0.1) is 13.8 Å². The van der Waals surface area contributed by atoms with Crippen LogP contribution in [-0.2, 0) is 18.3 Å². The summed E-state index contributed by atoms with van der Waals surface area (Å²) in [6.45, 7) is 4.69. The summed E-state index contributed by atoms with van der Waals surface area (Å²) in [6.07, 6.45) is 9.31. The minimum Gasteiger partial charge on any atom is -0.396 e. The standard InChI is InChI=1S/C50H54N2O2/c1-38-10-22-44(23-11-38)51(46-26-14-40(15-27-46)8-6-36-53)48-30-18-42(19-31-48)50(34-4-3-5-35-50)43-20-32-49(33-21-43)52(45-24-12-39(2)13-25-45)47-28-16-41(17-29-47)9-7-37-54/h10-33,53-54H,3-9,34-37H2,1-2H3. The lowest BCUT2D eigenvalue weighted by Gasteiger charge is -2.39. The Bertz CT molecular complexity index is 1900. The van der Waals surface area contributed by atoms with Crippen molar-refractivity contribution >= 4 is 34.1 Å². The first kappa shape index (κ1) is 37.2. The summed E-state index contributed by atoms with van der Waals surface area (Å²) >= 11 is 0. The molecule has 0 aliphatic heterocycles. The van der Waals surface area contributed by atoms with E-state index >= 15 is 0 Å². The van der Waals surface area contributed by atoms with E-state index in [1.165, 1.54) is 52.6 Å². The van der Waals surface area contributed by atoms with Gasteiger partial charge in [0, 0.05) is 52.8 Å². The van der Waals surface area contributed by atoms with Crippen LogP contribution >= 0.6 is 0 Å². The Hall–Kier alpha value is -5.16. The molecular formula is C50H54N2O2. The van der Waals surface area contributed by atoms with E-state index < -0.39 is 0 Å². The van der Waals surface area contributed by atoms with Gasteiger partial charge in [0.15, 0.2) is 0 Å². The SMILES string of the molecule is Cc1ccc(N(c2ccc(CCCO)cc2)c2ccc(C3(c4ccc(N(c5ccc(C)cc5)c5ccc(CCCO)cc5)cc4)CCCCC3)cc2)cc1. The molecule has 6 aromatic carbocycles. The number of aryl methyl sites for hydroxylation is 4. The van der Waals surface area contributed by atoms with Gasteiger partial charge in [-0.2, -0.15) is 0 Å². The summed E-state index contributed by atoms with van der Waals surface area (Å²) in [6, 6.07) is 53.9. The van der Waals surface area contributed by atoms with E-state index in [9.17, 15) is 10.2 Å². The minimum atomic E-state index is -0.0403. The highest BCUT2D eigenvalue weighted by Gasteiger charge is 2.36. The molecule has 1 fully saturated rings. The highest BCUT2D eigenvalue weighted by Crippen LogP contribution is 2.47. The zero-order valence-electron chi connectivity index (χ0n) is 31.9. The van der Waals surface area contributed by atoms with Gasteiger partial charge in [-0.15, -0.1) is 0 Å². The molecule has 276 valence electrons. The number of hydrogen-bond donors (Lipinski definition) is 2. The second-order valence-electron chi connectivity index (χ2n) is 15.1. The van der Waals surface area contributed by atoms with Gasteiger partial charge in [0.25, 0.3) is 0 Å². The average molecular weight is 715 g/mol. The number of hydrogen-bond acceptors (Lipinski definition) is 4. The predicted octanol–water partition coefficient (Wildman–Crippen LogP) is 12.3. The fourth-order valence-corrected chi connectivity index (χ4v) is 8.23. The summed E-state index contributed by atoms with van der Waals surface area (Å²) in [5.41, 5.74) is 14.5. The molecule has 0 amide bonds. The van der Waals surface area contributed by atoms with Crippen LogP contribution in [0.5, 0.6) is 0 Å². The maximum absolute atomic E-state index is 9.34. The van der Waals surface area contributed by atoms with Crippen molar-refractivity contribution < 1.29 is 10.2 Å². The monoisotopic (exact) mass is 714 g/mol. The Morgan fingerprint density at radius 1 is 0.407 bits per heavy atom. The first-order chi connectivity index (χ1) is 26.5. The van der Waals surface area contributed by atoms with E-state index in [4.69, 9.17) is 0 Å². The molecule has 0 spiro atoms. The number of benzene rings is 6. The highest BCUT2D eigenvalue weighted by atomic mass is 16.3. The van der Waals surface area contributed by atoms with Crippen molar-refractivity contribution in [1.29, 1.82) is 0 Å². The molecule has 0 unspecified atom stereocenters. The van der Waals surface area contributed by atoms with Crippen LogP contribution in [0.25, 0.3) is 0 Å². The van der Waals surface area contributed by atoms with Gasteiger partial charge in [-0.3, -0.25) is 0 Å². The van der Waals surface area contributed by atoms with Crippen molar-refractivity contribution in [3.05, 3.63) is 179 Å². The van der Waals surface area contributed by atoms with E-state index in [0.717, 1.165) is 72.6 Å². The van der Waals surface area contributed by atoms with Crippen LogP contribution in [-0.4, -0.2) is 23.4 Å². The average Bonchev–Trinajstić information content (AvgIpc) is 3.22. The molecule has 2 N–H and O–H groups in total. The van der Waals surface area contributed by atoms with Gasteiger partial charge in [0.2, 0.25) is 0 Å². The molecule has 0 heterocycles. The van der Waals surface area contributed by atoms with Crippen LogP contribution in [0.4, 0.5) is 34.1 Å². The summed E-state index contributed by atoms with van der Waals surface area (Å²) in [4.78, 5) is 4.69. The smallest absolute Gasteiger partial charge is 0.0461 e. The molecule has 0 atom stereocenters. The van der Waals surface area contributed by atoms with Gasteiger partial charge in [0.05, 0.1) is 0 Å². The lowest BCUT2D eigenvalue weighted by atomic mass is 9.65. The quantitative estimate of drug-likeness (QED) is 0.118. The fraction of sp³-hybridized carbons (Fsp3) is 0.280. The van der Waals surface area contributed by atoms with E-state index in [0.29, 0.717) is 0 Å². The third kappa shape index (κ3) is 8.31. The van der Waals surface area contributed by atoms with Gasteiger partial charge in [-0.05, 0) is 147 Å². The van der Waals surface area contributed by atoms with Crippen LogP contribution in [0.15, 0.2) is 146 Å². The van der Waals surface area contributed by atoms with E-state index in [-0.39, 0.29) is 18.6 Å². The Balaban J connectivity index is 1.22. The van der Waals surface area contributed by atoms with Gasteiger partial charge in [-0.25, -0.2) is 0 Å². The lowest BCUT2D eigenvalue weighted by molar-refractivity contribution is 0.288. The van der Waals surface area contributed by atoms with Gasteiger partial charge in [0.1, 0.15) is 0 Å². The number of aliphatic hydroxyl groups excluding tert-OH is 2. The second kappa shape index (κ2) is 17.3. The molecule has 6 aromatic rings. The van der Waals surface area contributed by atoms with Crippen LogP contribution in [0.1, 0.15) is 78.3 Å². The fourth-order valence-electron chi connectivity index (χ4n) is 8.23. The van der Waals surface area contributed by atoms with Gasteiger partial charge >= 0.3 is 0 Å². The molecule has 0 bridgehead atoms. The predicted molar refractivity (Wildman–Crippen MR) is 226 cm³/mol. The maximum atomic E-state index is 9.34. The maximum Gasteiger partial charge on any atom is 0.0461 e. The lowest BCUT2D eigenvalue weighted by Crippen LogP contribution is -2.30. The number of anilines is 6. The van der Waals surface area contributed by atoms with Crippen molar-refractivity contribution in [2.75, 3.05) is 23.0 Å². The highest BCUT2D eigenvalue weighted by molar-refractivity contribution is 5.78. The normalized spacial score (nSPS) is 13.8. The second-order valence-corrected chi connectivity index (χ2v) is 15.1. The molecule has 0 radical (unpaired) electrons. The number of aliphatic hydroxyl groups is 2. The zero-order chi connectivity index (χ0) is 37.3. The Morgan fingerprint density at radius 2 is 0.704 bits per heavy atom. The molecule has 4 heteroatoms. The summed E-state index contributed by atoms with van der Waals surface area (Å²) in [5.74, 6) is 0. The Morgan fingerprint density at radius 3 is 1.02 bits per heavy atom. The van der Waals surface area contributed by atoms with E-state index in [1.54, 1.807) is 0 Å². The zero-order valence-corrected chi connectivity index (χ0v) is 31.9. The number of nitrogens with zero attached hydrogens (tertiary/aromatic N) is 2. The molecule has 4 nitrogen and oxygen atoms in total. The summed E-state index contributed by atoms with van der Waals surface area (Å²) < 4.78 is 0. The van der Waals surface area contributed by atoms with Crippen molar-refractivity contribution in [2.45, 2.75) is 77.0 Å². The van der Waals surface area contributed by atoms with Gasteiger partial charge in [-0.1, -0.05) is 103 Å². The van der Waals surface area contributed by atoms with Crippen molar-refractivity contribution in [3.8, 4) is 0 Å². The minimum absolute atomic E-state index is 0.0403. The molecule has 1 saturated carbocycles. The molecule has 1 aliphatic rings. The topological polar surface area (TPSA) is 46.9 Å². The number of rotatable bonds is 14. The van der Waals surface area contributed by atoms with Crippen molar-refractivity contribution in [1.82, 2.24) is 0 Å². The van der Waals surface area contributed by atoms with E-state index in [1.807, 2.05) is 0 Å². The third-order valence-corrected chi connectivity index (χ3v) is 11.3. The first-order valence-corrected chi connectivity index (χ1v) is 19.8. The van der Waals surface area contributed by atoms with Crippen LogP contribution in [0.2, 0.25) is 0 Å². The Kier molecular flexibility index (Phi) is 11.9. The van der Waals surface area contributed by atoms with Crippen LogP contribution in [0.3, 0.4) is 0 Å². The molecular weight excluding hydrogens is 661 g/mol. The first-order valence-electron chi connectivity index (χ1n) is 19.8. The molecule has 7 rings (SSSR count). The molecule has 1 aliphatic carbocycles. The van der Waals surface area contributed by atoms with E-state index in [2.05, 4.69) is 169 Å². The summed E-state index contributed by atoms with van der Waals surface area (Å²) in [5, 5.41) is 18.7. The largest absolute Gasteiger partial charge is 0.396 e. The Labute approximate surface area is 322 Å². The third-order valence-electron chi connectivity index (χ3n) is 11.3. The summed E-state index contributed by atoms with van der Waals surface area (Å²) in [7, 11) is 0. The van der Waals surface area contributed by atoms with Crippen LogP contribution < -0.4 is 9.80 Å². The van der Waals surface area contributed by atoms with Crippen molar-refractivity contribution in [3.63, 3.8) is 0 Å². The molecule has 54 heavy (non-hydrogen) atoms. The molecule has 0 saturated heterocycles.